The lowest BCUT2D eigenvalue weighted by Crippen LogP contribution is -2.50. The number of hydrogen-bond donors (Lipinski definition) is 0. The molecule has 1 saturated heterocycles. The van der Waals surface area contributed by atoms with Crippen molar-refractivity contribution in [3.05, 3.63) is 66.5 Å². The molecule has 0 aliphatic carbocycles. The first-order valence-electron chi connectivity index (χ1n) is 10.0. The molecule has 1 amide bonds. The number of anilines is 1. The highest BCUT2D eigenvalue weighted by Crippen LogP contribution is 2.23. The van der Waals surface area contributed by atoms with Crippen molar-refractivity contribution < 1.29 is 14.3 Å². The highest BCUT2D eigenvalue weighted by molar-refractivity contribution is 5.78. The van der Waals surface area contributed by atoms with Crippen molar-refractivity contribution in [3.8, 4) is 17.2 Å². The van der Waals surface area contributed by atoms with E-state index in [4.69, 9.17) is 9.47 Å². The lowest BCUT2D eigenvalue weighted by atomic mass is 10.2. The van der Waals surface area contributed by atoms with Crippen LogP contribution in [-0.4, -0.2) is 60.3 Å². The minimum atomic E-state index is 0.00837. The fourth-order valence-electron chi connectivity index (χ4n) is 3.60. The predicted molar refractivity (Wildman–Crippen MR) is 116 cm³/mol. The molecule has 0 saturated carbocycles. The smallest absolute Gasteiger partial charge is 0.260 e. The Morgan fingerprint density at radius 3 is 2.63 bits per heavy atom. The largest absolute Gasteiger partial charge is 0.497 e. The van der Waals surface area contributed by atoms with Crippen LogP contribution in [-0.2, 0) is 4.79 Å². The second-order valence-electron chi connectivity index (χ2n) is 7.22. The molecule has 0 radical (unpaired) electrons. The maximum absolute atomic E-state index is 12.6. The van der Waals surface area contributed by atoms with Crippen LogP contribution in [0.3, 0.4) is 0 Å². The number of methoxy groups -OCH3 is 1. The Labute approximate surface area is 176 Å². The maximum Gasteiger partial charge on any atom is 0.260 e. The van der Waals surface area contributed by atoms with Crippen LogP contribution >= 0.6 is 0 Å². The number of hydrogen-bond acceptors (Lipinski definition) is 5. The zero-order chi connectivity index (χ0) is 20.9. The summed E-state index contributed by atoms with van der Waals surface area (Å²) in [5.74, 6) is 2.43. The summed E-state index contributed by atoms with van der Waals surface area (Å²) in [5.41, 5.74) is 2.02. The van der Waals surface area contributed by atoms with Crippen molar-refractivity contribution in [2.75, 3.05) is 44.8 Å². The molecule has 0 N–H and O–H groups in total. The number of aryl methyl sites for hydroxylation is 1. The Morgan fingerprint density at radius 2 is 1.87 bits per heavy atom. The molecule has 1 fully saturated rings. The lowest BCUT2D eigenvalue weighted by Gasteiger charge is -2.35. The van der Waals surface area contributed by atoms with Gasteiger partial charge in [0.15, 0.2) is 6.61 Å². The van der Waals surface area contributed by atoms with Gasteiger partial charge in [-0.2, -0.15) is 0 Å². The average Bonchev–Trinajstić information content (AvgIpc) is 3.28. The Balaban J connectivity index is 1.36. The molecule has 0 spiro atoms. The molecule has 1 aromatic heterocycles. The fraction of sp³-hybridized carbons (Fsp3) is 0.304. The number of nitrogens with zero attached hydrogens (tertiary/aromatic N) is 4. The summed E-state index contributed by atoms with van der Waals surface area (Å²) < 4.78 is 13.1. The average molecular weight is 406 g/mol. The van der Waals surface area contributed by atoms with E-state index in [9.17, 15) is 4.79 Å². The van der Waals surface area contributed by atoms with Crippen molar-refractivity contribution in [3.63, 3.8) is 0 Å². The standard InChI is InChI=1S/C23H26N4O3/c1-18-6-3-4-9-21(18)30-17-22(28)25-12-14-26(15-13-25)23-24-10-11-27(23)19-7-5-8-20(16-19)29-2/h3-11,16H,12-15,17H2,1-2H3. The highest BCUT2D eigenvalue weighted by atomic mass is 16.5. The van der Waals surface area contributed by atoms with E-state index in [0.29, 0.717) is 13.1 Å². The molecule has 30 heavy (non-hydrogen) atoms. The molecular formula is C23H26N4O3. The van der Waals surface area contributed by atoms with Gasteiger partial charge >= 0.3 is 0 Å². The normalized spacial score (nSPS) is 13.9. The van der Waals surface area contributed by atoms with Gasteiger partial charge in [-0.3, -0.25) is 9.36 Å². The summed E-state index contributed by atoms with van der Waals surface area (Å²) in [6, 6.07) is 15.6. The van der Waals surface area contributed by atoms with Crippen LogP contribution in [0.1, 0.15) is 5.56 Å². The SMILES string of the molecule is COc1cccc(-n2ccnc2N2CCN(C(=O)COc3ccccc3C)CC2)c1. The molecular weight excluding hydrogens is 380 g/mol. The predicted octanol–water partition coefficient (Wildman–Crippen LogP) is 2.92. The van der Waals surface area contributed by atoms with Gasteiger partial charge in [-0.15, -0.1) is 0 Å². The molecule has 2 aromatic carbocycles. The third-order valence-electron chi connectivity index (χ3n) is 5.31. The molecule has 3 aromatic rings. The first kappa shape index (κ1) is 19.8. The number of para-hydroxylation sites is 1. The molecule has 0 unspecified atom stereocenters. The third kappa shape index (κ3) is 4.25. The van der Waals surface area contributed by atoms with Gasteiger partial charge in [0.2, 0.25) is 5.95 Å². The summed E-state index contributed by atoms with van der Waals surface area (Å²) in [7, 11) is 1.66. The Morgan fingerprint density at radius 1 is 1.07 bits per heavy atom. The van der Waals surface area contributed by atoms with Gasteiger partial charge in [-0.25, -0.2) is 4.98 Å². The Hall–Kier alpha value is -3.48. The van der Waals surface area contributed by atoms with Gasteiger partial charge < -0.3 is 19.3 Å². The molecule has 1 aliphatic heterocycles. The monoisotopic (exact) mass is 406 g/mol. The van der Waals surface area contributed by atoms with Crippen LogP contribution in [0.2, 0.25) is 0 Å². The number of piperazine rings is 1. The van der Waals surface area contributed by atoms with E-state index in [1.807, 2.05) is 71.1 Å². The van der Waals surface area contributed by atoms with E-state index in [2.05, 4.69) is 9.88 Å². The summed E-state index contributed by atoms with van der Waals surface area (Å²) >= 11 is 0. The third-order valence-corrected chi connectivity index (χ3v) is 5.31. The van der Waals surface area contributed by atoms with Crippen LogP contribution < -0.4 is 14.4 Å². The first-order valence-corrected chi connectivity index (χ1v) is 10.0. The summed E-state index contributed by atoms with van der Waals surface area (Å²) in [5, 5.41) is 0. The molecule has 7 heteroatoms. The molecule has 1 aliphatic rings. The highest BCUT2D eigenvalue weighted by Gasteiger charge is 2.24. The number of amides is 1. The second-order valence-corrected chi connectivity index (χ2v) is 7.22. The van der Waals surface area contributed by atoms with Crippen molar-refractivity contribution >= 4 is 11.9 Å². The number of aromatic nitrogens is 2. The van der Waals surface area contributed by atoms with Crippen molar-refractivity contribution in [1.29, 1.82) is 0 Å². The Bertz CT molecular complexity index is 1010. The Kier molecular flexibility index (Phi) is 5.88. The fourth-order valence-corrected chi connectivity index (χ4v) is 3.60. The van der Waals surface area contributed by atoms with Crippen molar-refractivity contribution in [2.45, 2.75) is 6.92 Å². The van der Waals surface area contributed by atoms with E-state index in [1.54, 1.807) is 13.3 Å². The van der Waals surface area contributed by atoms with Crippen LogP contribution in [0.4, 0.5) is 5.95 Å². The minimum Gasteiger partial charge on any atom is -0.497 e. The first-order chi connectivity index (χ1) is 14.7. The molecule has 0 bridgehead atoms. The topological polar surface area (TPSA) is 59.8 Å². The van der Waals surface area contributed by atoms with E-state index < -0.39 is 0 Å². The van der Waals surface area contributed by atoms with Gasteiger partial charge in [0.1, 0.15) is 11.5 Å². The van der Waals surface area contributed by atoms with Crippen molar-refractivity contribution in [2.24, 2.45) is 0 Å². The van der Waals surface area contributed by atoms with Gasteiger partial charge in [-0.05, 0) is 30.7 Å². The van der Waals surface area contributed by atoms with Crippen LogP contribution in [0.5, 0.6) is 11.5 Å². The maximum atomic E-state index is 12.6. The van der Waals surface area contributed by atoms with Crippen LogP contribution in [0.15, 0.2) is 60.9 Å². The van der Waals surface area contributed by atoms with Gasteiger partial charge in [0.25, 0.3) is 5.91 Å². The molecule has 156 valence electrons. The molecule has 2 heterocycles. The quantitative estimate of drug-likeness (QED) is 0.630. The van der Waals surface area contributed by atoms with Crippen LogP contribution in [0, 0.1) is 6.92 Å². The summed E-state index contributed by atoms with van der Waals surface area (Å²) in [6.45, 7) is 4.75. The van der Waals surface area contributed by atoms with Crippen LogP contribution in [0.25, 0.3) is 5.69 Å². The second kappa shape index (κ2) is 8.90. The van der Waals surface area contributed by atoms with Gasteiger partial charge in [0, 0.05) is 44.6 Å². The number of benzene rings is 2. The van der Waals surface area contributed by atoms with Crippen molar-refractivity contribution in [1.82, 2.24) is 14.5 Å². The number of carbonyl (C=O) groups excluding carboxylic acids is 1. The number of imidazole rings is 1. The van der Waals surface area contributed by atoms with Gasteiger partial charge in [0.05, 0.1) is 12.8 Å². The molecule has 0 atom stereocenters. The number of ether oxygens (including phenoxy) is 2. The zero-order valence-corrected chi connectivity index (χ0v) is 17.3. The van der Waals surface area contributed by atoms with E-state index >= 15 is 0 Å². The minimum absolute atomic E-state index is 0.00837. The molecule has 4 rings (SSSR count). The summed E-state index contributed by atoms with van der Waals surface area (Å²) in [4.78, 5) is 21.2. The summed E-state index contributed by atoms with van der Waals surface area (Å²) in [6.07, 6.45) is 3.74. The van der Waals surface area contributed by atoms with E-state index in [-0.39, 0.29) is 12.5 Å². The number of rotatable bonds is 6. The lowest BCUT2D eigenvalue weighted by molar-refractivity contribution is -0.133. The van der Waals surface area contributed by atoms with E-state index in [0.717, 1.165) is 41.8 Å². The van der Waals surface area contributed by atoms with E-state index in [1.165, 1.54) is 0 Å². The zero-order valence-electron chi connectivity index (χ0n) is 17.3. The molecule has 7 nitrogen and oxygen atoms in total. The van der Waals surface area contributed by atoms with Gasteiger partial charge in [-0.1, -0.05) is 24.3 Å². The number of carbonyl (C=O) groups is 1.